The summed E-state index contributed by atoms with van der Waals surface area (Å²) in [5.74, 6) is -0.347. The van der Waals surface area contributed by atoms with Crippen molar-refractivity contribution in [3.63, 3.8) is 0 Å². The number of ether oxygens (including phenoxy) is 2. The lowest BCUT2D eigenvalue weighted by atomic mass is 10.3. The second-order valence-corrected chi connectivity index (χ2v) is 2.60. The molecule has 0 aromatic heterocycles. The van der Waals surface area contributed by atoms with Gasteiger partial charge in [-0.3, -0.25) is 4.79 Å². The third kappa shape index (κ3) is 7.34. The van der Waals surface area contributed by atoms with E-state index in [1.54, 1.807) is 6.92 Å². The topological polar surface area (TPSA) is 52.6 Å². The largest absolute Gasteiger partial charge is 0.463 e. The van der Waals surface area contributed by atoms with Crippen molar-refractivity contribution in [2.45, 2.75) is 26.4 Å². The van der Waals surface area contributed by atoms with E-state index in [0.29, 0.717) is 6.42 Å². The highest BCUT2D eigenvalue weighted by Crippen LogP contribution is 1.99. The van der Waals surface area contributed by atoms with Gasteiger partial charge >= 0.3 is 11.4 Å². The molecule has 1 atom stereocenters. The van der Waals surface area contributed by atoms with Crippen LogP contribution in [0.1, 0.15) is 20.3 Å². The molecule has 0 aliphatic carbocycles. The highest BCUT2D eigenvalue weighted by molar-refractivity contribution is 6.61. The lowest BCUT2D eigenvalue weighted by molar-refractivity contribution is -0.145. The highest BCUT2D eigenvalue weighted by Gasteiger charge is 2.05. The molecule has 0 aromatic carbocycles. The molecule has 0 radical (unpaired) electrons. The molecule has 0 aromatic rings. The zero-order valence-electron chi connectivity index (χ0n) is 7.00. The van der Waals surface area contributed by atoms with E-state index in [4.69, 9.17) is 16.3 Å². The van der Waals surface area contributed by atoms with Crippen molar-refractivity contribution < 1.29 is 19.1 Å². The van der Waals surface area contributed by atoms with E-state index in [2.05, 4.69) is 4.74 Å². The number of carbonyl (C=O) groups excluding carboxylic acids is 2. The van der Waals surface area contributed by atoms with Gasteiger partial charge in [-0.05, 0) is 6.92 Å². The molecule has 0 rings (SSSR count). The van der Waals surface area contributed by atoms with Crippen LogP contribution in [0.4, 0.5) is 4.79 Å². The minimum absolute atomic E-state index is 0.163. The normalized spacial score (nSPS) is 11.9. The van der Waals surface area contributed by atoms with Crippen LogP contribution in [0.25, 0.3) is 0 Å². The third-order valence-corrected chi connectivity index (χ3v) is 1.22. The number of carbonyl (C=O) groups is 2. The minimum atomic E-state index is -0.843. The maximum absolute atomic E-state index is 10.4. The molecule has 4 nitrogen and oxygen atoms in total. The minimum Gasteiger partial charge on any atom is -0.463 e. The molecule has 0 aliphatic rings. The van der Waals surface area contributed by atoms with E-state index in [-0.39, 0.29) is 18.7 Å². The summed E-state index contributed by atoms with van der Waals surface area (Å²) in [7, 11) is 0. The summed E-state index contributed by atoms with van der Waals surface area (Å²) >= 11 is 4.90. The number of hydrogen-bond acceptors (Lipinski definition) is 4. The molecule has 0 heterocycles. The lowest BCUT2D eigenvalue weighted by Crippen LogP contribution is -2.14. The van der Waals surface area contributed by atoms with Crippen LogP contribution in [-0.2, 0) is 14.3 Å². The SMILES string of the molecule is CC(=O)OC(C)CCOC(=O)Cl. The Labute approximate surface area is 75.8 Å². The number of rotatable bonds is 4. The predicted octanol–water partition coefficient (Wildman–Crippen LogP) is 1.70. The van der Waals surface area contributed by atoms with Gasteiger partial charge in [-0.15, -0.1) is 0 Å². The summed E-state index contributed by atoms with van der Waals surface area (Å²) in [4.78, 5) is 20.5. The van der Waals surface area contributed by atoms with Gasteiger partial charge in [-0.25, -0.2) is 4.79 Å². The Morgan fingerprint density at radius 2 is 2.08 bits per heavy atom. The molecule has 0 saturated carbocycles. The number of esters is 1. The van der Waals surface area contributed by atoms with Gasteiger partial charge in [0.2, 0.25) is 0 Å². The van der Waals surface area contributed by atoms with Crippen molar-refractivity contribution in [3.8, 4) is 0 Å². The smallest absolute Gasteiger partial charge is 0.403 e. The van der Waals surface area contributed by atoms with Crippen molar-refractivity contribution in [3.05, 3.63) is 0 Å². The van der Waals surface area contributed by atoms with Crippen LogP contribution >= 0.6 is 11.6 Å². The molecular formula is C7H11ClO4. The monoisotopic (exact) mass is 194 g/mol. The summed E-state index contributed by atoms with van der Waals surface area (Å²) in [6.45, 7) is 3.20. The molecule has 1 unspecified atom stereocenters. The average Bonchev–Trinajstić information content (AvgIpc) is 1.84. The first-order chi connectivity index (χ1) is 5.52. The van der Waals surface area contributed by atoms with Crippen molar-refractivity contribution in [2.24, 2.45) is 0 Å². The Bertz CT molecular complexity index is 169. The molecule has 0 saturated heterocycles. The van der Waals surface area contributed by atoms with E-state index < -0.39 is 5.43 Å². The third-order valence-electron chi connectivity index (χ3n) is 1.11. The average molecular weight is 195 g/mol. The molecule has 70 valence electrons. The first-order valence-corrected chi connectivity index (χ1v) is 3.89. The number of hydrogen-bond donors (Lipinski definition) is 0. The van der Waals surface area contributed by atoms with Crippen LogP contribution in [0.5, 0.6) is 0 Å². The fourth-order valence-corrected chi connectivity index (χ4v) is 0.725. The summed E-state index contributed by atoms with van der Waals surface area (Å²) in [6.07, 6.45) is 0.205. The van der Waals surface area contributed by atoms with Crippen LogP contribution < -0.4 is 0 Å². The van der Waals surface area contributed by atoms with Gasteiger partial charge in [0.25, 0.3) is 0 Å². The second-order valence-electron chi connectivity index (χ2n) is 2.29. The summed E-state index contributed by atoms with van der Waals surface area (Å²) < 4.78 is 9.19. The highest BCUT2D eigenvalue weighted by atomic mass is 35.5. The molecule has 0 N–H and O–H groups in total. The Kier molecular flexibility index (Phi) is 5.45. The maximum atomic E-state index is 10.4. The molecule has 0 spiro atoms. The van der Waals surface area contributed by atoms with E-state index in [1.807, 2.05) is 0 Å². The van der Waals surface area contributed by atoms with Gasteiger partial charge in [0.1, 0.15) is 6.10 Å². The standard InChI is InChI=1S/C7H11ClO4/c1-5(12-6(2)9)3-4-11-7(8)10/h5H,3-4H2,1-2H3. The summed E-state index contributed by atoms with van der Waals surface area (Å²) in [5.41, 5.74) is -0.843. The molecule has 0 amide bonds. The van der Waals surface area contributed by atoms with Gasteiger partial charge in [-0.1, -0.05) is 0 Å². The Hall–Kier alpha value is -0.770. The van der Waals surface area contributed by atoms with Crippen LogP contribution in [0.3, 0.4) is 0 Å². The quantitative estimate of drug-likeness (QED) is 0.505. The van der Waals surface area contributed by atoms with Crippen molar-refractivity contribution in [2.75, 3.05) is 6.61 Å². The van der Waals surface area contributed by atoms with E-state index >= 15 is 0 Å². The zero-order chi connectivity index (χ0) is 9.56. The first kappa shape index (κ1) is 11.2. The van der Waals surface area contributed by atoms with Gasteiger partial charge in [-0.2, -0.15) is 0 Å². The van der Waals surface area contributed by atoms with Gasteiger partial charge < -0.3 is 9.47 Å². The summed E-state index contributed by atoms with van der Waals surface area (Å²) in [5, 5.41) is 0. The van der Waals surface area contributed by atoms with Crippen molar-refractivity contribution in [1.29, 1.82) is 0 Å². The van der Waals surface area contributed by atoms with Crippen LogP contribution in [-0.4, -0.2) is 24.1 Å². The molecule has 12 heavy (non-hydrogen) atoms. The van der Waals surface area contributed by atoms with Crippen molar-refractivity contribution >= 4 is 23.0 Å². The van der Waals surface area contributed by atoms with Crippen molar-refractivity contribution in [1.82, 2.24) is 0 Å². The lowest BCUT2D eigenvalue weighted by Gasteiger charge is -2.10. The predicted molar refractivity (Wildman–Crippen MR) is 43.0 cm³/mol. The molecular weight excluding hydrogens is 184 g/mol. The van der Waals surface area contributed by atoms with Crippen LogP contribution in [0, 0.1) is 0 Å². The van der Waals surface area contributed by atoms with Crippen LogP contribution in [0.2, 0.25) is 0 Å². The fraction of sp³-hybridized carbons (Fsp3) is 0.714. The first-order valence-electron chi connectivity index (χ1n) is 3.52. The summed E-state index contributed by atoms with van der Waals surface area (Å²) in [6, 6.07) is 0. The molecule has 0 aliphatic heterocycles. The van der Waals surface area contributed by atoms with E-state index in [0.717, 1.165) is 0 Å². The number of halogens is 1. The zero-order valence-corrected chi connectivity index (χ0v) is 7.76. The fourth-order valence-electron chi connectivity index (χ4n) is 0.647. The Morgan fingerprint density at radius 1 is 1.50 bits per heavy atom. The van der Waals surface area contributed by atoms with E-state index in [9.17, 15) is 9.59 Å². The van der Waals surface area contributed by atoms with Gasteiger partial charge in [0.05, 0.1) is 6.61 Å². The Balaban J connectivity index is 3.37. The second kappa shape index (κ2) is 5.83. The van der Waals surface area contributed by atoms with Crippen LogP contribution in [0.15, 0.2) is 0 Å². The van der Waals surface area contributed by atoms with E-state index in [1.165, 1.54) is 6.92 Å². The maximum Gasteiger partial charge on any atom is 0.403 e. The van der Waals surface area contributed by atoms with Gasteiger partial charge in [0, 0.05) is 24.9 Å². The molecule has 0 bridgehead atoms. The molecule has 5 heteroatoms. The molecule has 0 fully saturated rings. The Morgan fingerprint density at radius 3 is 2.50 bits per heavy atom. The van der Waals surface area contributed by atoms with Gasteiger partial charge in [0.15, 0.2) is 0 Å².